The number of ether oxygens (including phenoxy) is 2. The molecule has 166 valence electrons. The summed E-state index contributed by atoms with van der Waals surface area (Å²) in [6.07, 6.45) is 9.21. The van der Waals surface area contributed by atoms with E-state index in [2.05, 4.69) is 21.5 Å². The van der Waals surface area contributed by atoms with Crippen molar-refractivity contribution in [2.75, 3.05) is 13.2 Å². The molecule has 1 aromatic carbocycles. The van der Waals surface area contributed by atoms with E-state index in [4.69, 9.17) is 9.47 Å². The van der Waals surface area contributed by atoms with Gasteiger partial charge in [-0.2, -0.15) is 0 Å². The predicted octanol–water partition coefficient (Wildman–Crippen LogP) is 4.64. The minimum absolute atomic E-state index is 0.0429. The lowest BCUT2D eigenvalue weighted by atomic mass is 9.85. The topological polar surface area (TPSA) is 74.1 Å². The number of nitrogens with zero attached hydrogens (tertiary/aromatic N) is 3. The maximum absolute atomic E-state index is 13.9. The van der Waals surface area contributed by atoms with Crippen LogP contribution in [-0.4, -0.2) is 32.3 Å². The van der Waals surface area contributed by atoms with Crippen molar-refractivity contribution in [1.29, 1.82) is 0 Å². The zero-order valence-corrected chi connectivity index (χ0v) is 18.3. The number of H-pyrrole nitrogens is 1. The number of aromatic nitrogens is 4. The molecule has 32 heavy (non-hydrogen) atoms. The van der Waals surface area contributed by atoms with Crippen LogP contribution in [0.25, 0.3) is 22.1 Å². The van der Waals surface area contributed by atoms with Gasteiger partial charge in [0.1, 0.15) is 5.65 Å². The van der Waals surface area contributed by atoms with Crippen LogP contribution in [-0.2, 0) is 6.54 Å². The largest absolute Gasteiger partial charge is 0.490 e. The van der Waals surface area contributed by atoms with Crippen LogP contribution >= 0.6 is 0 Å². The molecule has 6 rings (SSSR count). The third-order valence-corrected chi connectivity index (χ3v) is 7.06. The molecule has 1 aliphatic carbocycles. The van der Waals surface area contributed by atoms with Crippen LogP contribution in [0.5, 0.6) is 11.5 Å². The van der Waals surface area contributed by atoms with Gasteiger partial charge in [-0.25, -0.2) is 9.78 Å². The van der Waals surface area contributed by atoms with Crippen molar-refractivity contribution >= 4 is 22.1 Å². The lowest BCUT2D eigenvalue weighted by Gasteiger charge is -2.29. The molecule has 7 heteroatoms. The van der Waals surface area contributed by atoms with Gasteiger partial charge in [-0.3, -0.25) is 9.13 Å². The molecule has 0 radical (unpaired) electrons. The van der Waals surface area contributed by atoms with E-state index in [1.807, 2.05) is 41.2 Å². The number of nitrogens with one attached hydrogen (secondary N) is 1. The predicted molar refractivity (Wildman–Crippen MR) is 124 cm³/mol. The maximum atomic E-state index is 13.9. The molecule has 3 aromatic heterocycles. The third-order valence-electron chi connectivity index (χ3n) is 7.06. The van der Waals surface area contributed by atoms with E-state index in [0.29, 0.717) is 25.7 Å². The first-order valence-corrected chi connectivity index (χ1v) is 11.7. The van der Waals surface area contributed by atoms with E-state index in [9.17, 15) is 4.79 Å². The average Bonchev–Trinajstić information content (AvgIpc) is 3.29. The summed E-state index contributed by atoms with van der Waals surface area (Å²) in [5.74, 6) is 2.00. The molecule has 0 unspecified atom stereocenters. The van der Waals surface area contributed by atoms with Crippen molar-refractivity contribution in [3.8, 4) is 11.5 Å². The Balaban J connectivity index is 1.51. The molecule has 2 atom stereocenters. The van der Waals surface area contributed by atoms with Gasteiger partial charge in [0.05, 0.1) is 37.0 Å². The first-order chi connectivity index (χ1) is 15.7. The molecule has 1 fully saturated rings. The SMILES string of the molecule is C[C@@H]1CCCC[C@@H]1n1c(=O)n(Cc2ccc3c(c2)OCCCO3)c2cnc3[nH]ccc3c21. The molecule has 1 aliphatic heterocycles. The van der Waals surface area contributed by atoms with Crippen LogP contribution in [0.4, 0.5) is 0 Å². The molecule has 7 nitrogen and oxygen atoms in total. The van der Waals surface area contributed by atoms with Crippen molar-refractivity contribution in [1.82, 2.24) is 19.1 Å². The fourth-order valence-electron chi connectivity index (χ4n) is 5.39. The second-order valence-corrected chi connectivity index (χ2v) is 9.13. The van der Waals surface area contributed by atoms with Crippen LogP contribution in [0.1, 0.15) is 50.6 Å². The Morgan fingerprint density at radius 3 is 2.81 bits per heavy atom. The van der Waals surface area contributed by atoms with E-state index in [0.717, 1.165) is 64.8 Å². The first-order valence-electron chi connectivity index (χ1n) is 11.7. The maximum Gasteiger partial charge on any atom is 0.329 e. The zero-order chi connectivity index (χ0) is 21.7. The quantitative estimate of drug-likeness (QED) is 0.512. The van der Waals surface area contributed by atoms with E-state index >= 15 is 0 Å². The van der Waals surface area contributed by atoms with Crippen LogP contribution in [0.15, 0.2) is 41.5 Å². The minimum Gasteiger partial charge on any atom is -0.490 e. The Hall–Kier alpha value is -3.22. The van der Waals surface area contributed by atoms with Crippen molar-refractivity contribution < 1.29 is 9.47 Å². The highest BCUT2D eigenvalue weighted by Gasteiger charge is 2.29. The number of aromatic amines is 1. The number of benzene rings is 1. The molecule has 1 saturated carbocycles. The van der Waals surface area contributed by atoms with Gasteiger partial charge in [0.15, 0.2) is 11.5 Å². The molecule has 0 amide bonds. The Bertz CT molecular complexity index is 1350. The molecular weight excluding hydrogens is 404 g/mol. The number of hydrogen-bond acceptors (Lipinski definition) is 4. The lowest BCUT2D eigenvalue weighted by molar-refractivity contribution is 0.256. The normalized spacial score (nSPS) is 21.2. The fourth-order valence-corrected chi connectivity index (χ4v) is 5.39. The van der Waals surface area contributed by atoms with Gasteiger partial charge < -0.3 is 14.5 Å². The van der Waals surface area contributed by atoms with Crippen molar-refractivity contribution in [3.63, 3.8) is 0 Å². The number of rotatable bonds is 3. The summed E-state index contributed by atoms with van der Waals surface area (Å²) in [6.45, 7) is 4.05. The van der Waals surface area contributed by atoms with E-state index in [1.165, 1.54) is 6.42 Å². The van der Waals surface area contributed by atoms with E-state index in [-0.39, 0.29) is 11.7 Å². The summed E-state index contributed by atoms with van der Waals surface area (Å²) in [4.78, 5) is 21.7. The highest BCUT2D eigenvalue weighted by Crippen LogP contribution is 2.36. The van der Waals surface area contributed by atoms with Gasteiger partial charge in [-0.15, -0.1) is 0 Å². The summed E-state index contributed by atoms with van der Waals surface area (Å²) in [5.41, 5.74) is 3.76. The molecule has 2 aliphatic rings. The highest BCUT2D eigenvalue weighted by molar-refractivity contribution is 6.01. The highest BCUT2D eigenvalue weighted by atomic mass is 16.5. The standard InChI is InChI=1S/C25H28N4O3/c1-16-5-2-3-6-19(16)29-23-18-9-10-26-24(18)27-14-20(23)28(25(29)30)15-17-7-8-21-22(13-17)32-12-4-11-31-21/h7-10,13-14,16,19H,2-6,11-12,15H2,1H3,(H,26,27)/t16-,19+/m1/s1. The Morgan fingerprint density at radius 1 is 1.09 bits per heavy atom. The summed E-state index contributed by atoms with van der Waals surface area (Å²) >= 11 is 0. The van der Waals surface area contributed by atoms with Gasteiger partial charge >= 0.3 is 5.69 Å². The van der Waals surface area contributed by atoms with Crippen LogP contribution in [0.3, 0.4) is 0 Å². The van der Waals surface area contributed by atoms with Crippen LogP contribution in [0, 0.1) is 5.92 Å². The lowest BCUT2D eigenvalue weighted by Crippen LogP contribution is -2.32. The third kappa shape index (κ3) is 3.10. The molecule has 0 saturated heterocycles. The van der Waals surface area contributed by atoms with Gasteiger partial charge in [0, 0.05) is 24.0 Å². The van der Waals surface area contributed by atoms with Crippen LogP contribution < -0.4 is 15.2 Å². The summed E-state index contributed by atoms with van der Waals surface area (Å²) < 4.78 is 15.6. The second kappa shape index (κ2) is 7.73. The Kier molecular flexibility index (Phi) is 4.70. The summed E-state index contributed by atoms with van der Waals surface area (Å²) in [6, 6.07) is 8.22. The van der Waals surface area contributed by atoms with Gasteiger partial charge in [-0.1, -0.05) is 25.8 Å². The molecule has 0 spiro atoms. The van der Waals surface area contributed by atoms with E-state index < -0.39 is 0 Å². The number of hydrogen-bond donors (Lipinski definition) is 1. The van der Waals surface area contributed by atoms with E-state index in [1.54, 1.807) is 0 Å². The van der Waals surface area contributed by atoms with Gasteiger partial charge in [0.25, 0.3) is 0 Å². The number of pyridine rings is 1. The van der Waals surface area contributed by atoms with Gasteiger partial charge in [-0.05, 0) is 42.5 Å². The smallest absolute Gasteiger partial charge is 0.329 e. The minimum atomic E-state index is 0.0429. The van der Waals surface area contributed by atoms with Crippen molar-refractivity contribution in [2.45, 2.75) is 51.6 Å². The monoisotopic (exact) mass is 432 g/mol. The second-order valence-electron chi connectivity index (χ2n) is 9.13. The van der Waals surface area contributed by atoms with Crippen LogP contribution in [0.2, 0.25) is 0 Å². The first kappa shape index (κ1) is 19.5. The summed E-state index contributed by atoms with van der Waals surface area (Å²) in [7, 11) is 0. The number of imidazole rings is 1. The fraction of sp³-hybridized carbons (Fsp3) is 0.440. The van der Waals surface area contributed by atoms with Gasteiger partial charge in [0.2, 0.25) is 0 Å². The molecule has 4 aromatic rings. The number of fused-ring (bicyclic) bond motifs is 4. The molecule has 0 bridgehead atoms. The average molecular weight is 433 g/mol. The molecule has 1 N–H and O–H groups in total. The Labute approximate surface area is 186 Å². The van der Waals surface area contributed by atoms with Crippen molar-refractivity contribution in [3.05, 3.63) is 52.7 Å². The summed E-state index contributed by atoms with van der Waals surface area (Å²) in [5, 5.41) is 1.01. The molecular formula is C25H28N4O3. The Morgan fingerprint density at radius 2 is 1.94 bits per heavy atom. The zero-order valence-electron chi connectivity index (χ0n) is 18.3. The van der Waals surface area contributed by atoms with Crippen molar-refractivity contribution in [2.24, 2.45) is 5.92 Å². The molecule has 4 heterocycles.